The fourth-order valence-electron chi connectivity index (χ4n) is 4.03. The van der Waals surface area contributed by atoms with E-state index in [1.54, 1.807) is 6.07 Å². The Morgan fingerprint density at radius 3 is 1.83 bits per heavy atom. The third-order valence-electron chi connectivity index (χ3n) is 6.09. The molecule has 0 amide bonds. The van der Waals surface area contributed by atoms with Crippen LogP contribution in [0.2, 0.25) is 5.02 Å². The zero-order chi connectivity index (χ0) is 33.7. The van der Waals surface area contributed by atoms with Crippen LogP contribution in [0, 0.1) is 27.7 Å². The summed E-state index contributed by atoms with van der Waals surface area (Å²) in [5.74, 6) is -0.606. The van der Waals surface area contributed by atoms with Crippen LogP contribution in [0.5, 0.6) is 11.5 Å². The number of hydrogen-bond acceptors (Lipinski definition) is 8. The summed E-state index contributed by atoms with van der Waals surface area (Å²) in [5, 5.41) is 10.5. The highest BCUT2D eigenvalue weighted by Gasteiger charge is 2.19. The van der Waals surface area contributed by atoms with E-state index in [1.807, 2.05) is 88.4 Å². The second kappa shape index (κ2) is 17.4. The molecule has 0 radical (unpaired) electrons. The summed E-state index contributed by atoms with van der Waals surface area (Å²) in [6.07, 6.45) is 3.04. The molecule has 3 heterocycles. The van der Waals surface area contributed by atoms with Crippen molar-refractivity contribution in [3.63, 3.8) is 0 Å². The molecule has 3 N–H and O–H groups in total. The maximum absolute atomic E-state index is 11.6. The highest BCUT2D eigenvalue weighted by atomic mass is 35.5. The van der Waals surface area contributed by atoms with Gasteiger partial charge in [0.25, 0.3) is 0 Å². The first-order valence-electron chi connectivity index (χ1n) is 14.0. The number of ether oxygens (including phenoxy) is 1. The largest absolute Gasteiger partial charge is 0.524 e. The molecule has 0 spiro atoms. The van der Waals surface area contributed by atoms with Gasteiger partial charge >= 0.3 is 13.5 Å². The molecule has 0 aliphatic heterocycles. The van der Waals surface area contributed by atoms with E-state index >= 15 is 0 Å². The minimum Gasteiger partial charge on any atom is -0.504 e. The van der Waals surface area contributed by atoms with Gasteiger partial charge in [0.15, 0.2) is 11.5 Å². The Morgan fingerprint density at radius 2 is 1.33 bits per heavy atom. The monoisotopic (exact) mass is 666 g/mol. The van der Waals surface area contributed by atoms with Crippen molar-refractivity contribution in [3.8, 4) is 11.5 Å². The lowest BCUT2D eigenvalue weighted by atomic mass is 10.0. The number of benzene rings is 2. The van der Waals surface area contributed by atoms with Crippen LogP contribution in [-0.4, -0.2) is 34.4 Å². The van der Waals surface area contributed by atoms with Crippen LogP contribution in [0.4, 0.5) is 0 Å². The maximum atomic E-state index is 11.6. The van der Waals surface area contributed by atoms with Gasteiger partial charge in [0.05, 0.1) is 17.8 Å². The van der Waals surface area contributed by atoms with Crippen LogP contribution in [0.1, 0.15) is 39.5 Å². The number of phenols is 1. The Morgan fingerprint density at radius 1 is 0.804 bits per heavy atom. The van der Waals surface area contributed by atoms with Crippen LogP contribution < -0.4 is 10.2 Å². The van der Waals surface area contributed by atoms with Crippen molar-refractivity contribution >= 4 is 19.4 Å². The Hall–Kier alpha value is -4.38. The van der Waals surface area contributed by atoms with E-state index < -0.39 is 13.5 Å². The number of phosphoric acid groups is 1. The molecule has 5 aromatic rings. The molecule has 0 fully saturated rings. The minimum absolute atomic E-state index is 0.00831. The Balaban J connectivity index is 0.000000291. The van der Waals surface area contributed by atoms with Crippen molar-refractivity contribution in [1.29, 1.82) is 0 Å². The van der Waals surface area contributed by atoms with E-state index in [0.717, 1.165) is 33.9 Å². The van der Waals surface area contributed by atoms with E-state index in [4.69, 9.17) is 26.1 Å². The van der Waals surface area contributed by atoms with Gasteiger partial charge in [0, 0.05) is 41.0 Å². The van der Waals surface area contributed by atoms with Crippen molar-refractivity contribution in [1.82, 2.24) is 19.5 Å². The highest BCUT2D eigenvalue weighted by Crippen LogP contribution is 2.43. The van der Waals surface area contributed by atoms with Gasteiger partial charge in [-0.1, -0.05) is 60.1 Å². The topological polar surface area (TPSA) is 157 Å². The predicted molar refractivity (Wildman–Crippen MR) is 176 cm³/mol. The highest BCUT2D eigenvalue weighted by molar-refractivity contribution is 7.46. The van der Waals surface area contributed by atoms with Crippen LogP contribution in [0.15, 0.2) is 96.1 Å². The van der Waals surface area contributed by atoms with E-state index in [0.29, 0.717) is 17.0 Å². The van der Waals surface area contributed by atoms with E-state index in [-0.39, 0.29) is 24.8 Å². The molecule has 0 aliphatic carbocycles. The van der Waals surface area contributed by atoms with Crippen molar-refractivity contribution in [3.05, 3.63) is 146 Å². The number of aromatic nitrogens is 4. The lowest BCUT2D eigenvalue weighted by Crippen LogP contribution is -2.23. The number of rotatable bonds is 8. The second-order valence-electron chi connectivity index (χ2n) is 10.2. The molecule has 0 saturated carbocycles. The van der Waals surface area contributed by atoms with E-state index in [9.17, 15) is 14.5 Å². The number of pyridine rings is 2. The number of phosphoric ester groups is 1. The number of aromatic hydroxyl groups is 1. The zero-order valence-corrected chi connectivity index (χ0v) is 27.5. The molecular formula is C33H36ClN4O7P. The summed E-state index contributed by atoms with van der Waals surface area (Å²) < 4.78 is 22.3. The van der Waals surface area contributed by atoms with Gasteiger partial charge < -0.3 is 14.4 Å². The molecular weight excluding hydrogens is 631 g/mol. The number of para-hydroxylation sites is 1. The van der Waals surface area contributed by atoms with Crippen LogP contribution in [-0.2, 0) is 29.1 Å². The summed E-state index contributed by atoms with van der Waals surface area (Å²) in [4.78, 5) is 41.4. The number of halogens is 1. The zero-order valence-electron chi connectivity index (χ0n) is 25.9. The standard InChI is InChI=1S/C19H18ClN2O7P.2C7H9N/c20-16-9-21-19(24)22(10-16)12-28-11-14-6-4-13(5-7-14)8-15-2-1-3-17(18(15)23)29-30(25,26)27;2*1-6-4-3-5-7(2)8-6/h1-7,9-10,23H,8,11-12H2,(H2,25,26,27);2*3-5H,1-2H3. The number of hydrogen-bond donors (Lipinski definition) is 3. The van der Waals surface area contributed by atoms with Crippen LogP contribution >= 0.6 is 19.4 Å². The van der Waals surface area contributed by atoms with E-state index in [2.05, 4.69) is 19.5 Å². The number of aryl methyl sites for hydroxylation is 4. The average molecular weight is 667 g/mol. The third kappa shape index (κ3) is 12.9. The lowest BCUT2D eigenvalue weighted by Gasteiger charge is -2.12. The number of nitrogens with zero attached hydrogens (tertiary/aromatic N) is 4. The van der Waals surface area contributed by atoms with Gasteiger partial charge in [0.2, 0.25) is 0 Å². The molecule has 3 aromatic heterocycles. The molecule has 13 heteroatoms. The van der Waals surface area contributed by atoms with Crippen molar-refractivity contribution in [2.75, 3.05) is 0 Å². The van der Waals surface area contributed by atoms with Gasteiger partial charge in [-0.3, -0.25) is 24.3 Å². The van der Waals surface area contributed by atoms with Crippen LogP contribution in [0.25, 0.3) is 0 Å². The van der Waals surface area contributed by atoms with Gasteiger partial charge in [-0.15, -0.1) is 0 Å². The summed E-state index contributed by atoms with van der Waals surface area (Å²) in [7, 11) is -4.77. The molecule has 11 nitrogen and oxygen atoms in total. The molecule has 0 atom stereocenters. The molecule has 242 valence electrons. The van der Waals surface area contributed by atoms with Crippen molar-refractivity contribution in [2.24, 2.45) is 0 Å². The normalized spacial score (nSPS) is 10.7. The quantitative estimate of drug-likeness (QED) is 0.162. The second-order valence-corrected chi connectivity index (χ2v) is 11.8. The minimum atomic E-state index is -4.77. The Bertz CT molecular complexity index is 1750. The Kier molecular flexibility index (Phi) is 13.6. The first-order chi connectivity index (χ1) is 21.8. The summed E-state index contributed by atoms with van der Waals surface area (Å²) in [6, 6.07) is 23.8. The van der Waals surface area contributed by atoms with Crippen LogP contribution in [0.3, 0.4) is 0 Å². The van der Waals surface area contributed by atoms with Gasteiger partial charge in [0.1, 0.15) is 6.73 Å². The summed E-state index contributed by atoms with van der Waals surface area (Å²) in [5.41, 5.74) is 6.07. The van der Waals surface area contributed by atoms with Gasteiger partial charge in [-0.05, 0) is 69.2 Å². The fraction of sp³-hybridized carbons (Fsp3) is 0.212. The predicted octanol–water partition coefficient (Wildman–Crippen LogP) is 6.24. The Labute approximate surface area is 272 Å². The molecule has 0 saturated heterocycles. The third-order valence-corrected chi connectivity index (χ3v) is 6.72. The summed E-state index contributed by atoms with van der Waals surface area (Å²) >= 11 is 5.81. The van der Waals surface area contributed by atoms with Gasteiger partial charge in [-0.25, -0.2) is 9.36 Å². The smallest absolute Gasteiger partial charge is 0.504 e. The first-order valence-corrected chi connectivity index (χ1v) is 15.9. The molecule has 5 rings (SSSR count). The first kappa shape index (κ1) is 36.1. The van der Waals surface area contributed by atoms with Crippen molar-refractivity contribution < 1.29 is 28.7 Å². The van der Waals surface area contributed by atoms with E-state index in [1.165, 1.54) is 29.1 Å². The maximum Gasteiger partial charge on any atom is 0.524 e. The SMILES string of the molecule is Cc1cccc(C)n1.Cc1cccc(C)n1.O=c1ncc(Cl)cn1COCc1ccc(Cc2cccc(OP(=O)(O)O)c2O)cc1. The molecule has 2 aromatic carbocycles. The fourth-order valence-corrected chi connectivity index (χ4v) is 4.60. The molecule has 0 unspecified atom stereocenters. The molecule has 0 aliphatic rings. The average Bonchev–Trinajstić information content (AvgIpc) is 2.98. The molecule has 0 bridgehead atoms. The van der Waals surface area contributed by atoms with Crippen molar-refractivity contribution in [2.45, 2.75) is 47.5 Å². The molecule has 46 heavy (non-hydrogen) atoms. The number of phenolic OH excluding ortho intramolecular Hbond substituents is 1. The lowest BCUT2D eigenvalue weighted by molar-refractivity contribution is 0.0609. The summed E-state index contributed by atoms with van der Waals surface area (Å²) in [6.45, 7) is 8.24. The van der Waals surface area contributed by atoms with Gasteiger partial charge in [-0.2, -0.15) is 4.98 Å².